The summed E-state index contributed by atoms with van der Waals surface area (Å²) in [7, 11) is 0. The zero-order valence-electron chi connectivity index (χ0n) is 13.1. The minimum Gasteiger partial charge on any atom is -0.382 e. The van der Waals surface area contributed by atoms with E-state index in [2.05, 4.69) is 46.1 Å². The second-order valence-electron chi connectivity index (χ2n) is 5.05. The molecule has 7 heteroatoms. The van der Waals surface area contributed by atoms with Gasteiger partial charge in [0, 0.05) is 16.7 Å². The molecule has 120 valence electrons. The summed E-state index contributed by atoms with van der Waals surface area (Å²) in [6.45, 7) is 2.14. The fraction of sp³-hybridized carbons (Fsp3) is 0.176. The quantitative estimate of drug-likeness (QED) is 0.552. The highest BCUT2D eigenvalue weighted by Crippen LogP contribution is 2.27. The normalized spacial score (nSPS) is 10.5. The molecule has 0 fully saturated rings. The van der Waals surface area contributed by atoms with Crippen LogP contribution in [0.3, 0.4) is 0 Å². The Labute approximate surface area is 148 Å². The highest BCUT2D eigenvalue weighted by molar-refractivity contribution is 7.98. The van der Waals surface area contributed by atoms with E-state index >= 15 is 0 Å². The molecule has 1 aromatic carbocycles. The van der Waals surface area contributed by atoms with Crippen LogP contribution in [0.4, 0.5) is 5.82 Å². The lowest BCUT2D eigenvalue weighted by atomic mass is 10.1. The van der Waals surface area contributed by atoms with E-state index < -0.39 is 0 Å². The fourth-order valence-corrected chi connectivity index (χ4v) is 3.71. The first-order chi connectivity index (χ1) is 11.7. The topological polar surface area (TPSA) is 88.5 Å². The molecule has 2 N–H and O–H groups in total. The summed E-state index contributed by atoms with van der Waals surface area (Å²) in [5.41, 5.74) is 9.43. The van der Waals surface area contributed by atoms with Crippen molar-refractivity contribution in [3.63, 3.8) is 0 Å². The van der Waals surface area contributed by atoms with Gasteiger partial charge in [-0.2, -0.15) is 5.26 Å². The van der Waals surface area contributed by atoms with Gasteiger partial charge in [-0.1, -0.05) is 43.0 Å². The molecule has 0 unspecified atom stereocenters. The number of thiazole rings is 1. The summed E-state index contributed by atoms with van der Waals surface area (Å²) in [6, 6.07) is 10.5. The first-order valence-electron chi connectivity index (χ1n) is 7.38. The summed E-state index contributed by atoms with van der Waals surface area (Å²) in [5.74, 6) is 0.875. The number of nitriles is 1. The molecule has 0 radical (unpaired) electrons. The molecule has 2 heterocycles. The second kappa shape index (κ2) is 7.43. The number of anilines is 1. The molecule has 0 aliphatic carbocycles. The second-order valence-corrected chi connectivity index (χ2v) is 6.85. The molecule has 0 spiro atoms. The Balaban J connectivity index is 1.67. The molecule has 0 aliphatic heterocycles. The van der Waals surface area contributed by atoms with Crippen LogP contribution in [0.2, 0.25) is 0 Å². The van der Waals surface area contributed by atoms with E-state index in [0.717, 1.165) is 22.7 Å². The van der Waals surface area contributed by atoms with E-state index in [9.17, 15) is 0 Å². The number of aryl methyl sites for hydroxylation is 1. The van der Waals surface area contributed by atoms with Crippen molar-refractivity contribution in [1.29, 1.82) is 5.26 Å². The molecule has 0 saturated heterocycles. The van der Waals surface area contributed by atoms with E-state index in [-0.39, 0.29) is 5.82 Å². The standard InChI is InChI=1S/C17H15N5S2/c1-2-11-3-5-12(6-4-11)16-21-14(9-23-16)10-24-17-20-8-13(7-18)15(19)22-17/h3-6,8-9H,2,10H2,1H3,(H2,19,20,22). The van der Waals surface area contributed by atoms with Crippen molar-refractivity contribution in [3.8, 4) is 16.6 Å². The van der Waals surface area contributed by atoms with Gasteiger partial charge in [0.1, 0.15) is 22.5 Å². The number of nitrogens with two attached hydrogens (primary N) is 1. The lowest BCUT2D eigenvalue weighted by molar-refractivity contribution is 0.967. The molecule has 24 heavy (non-hydrogen) atoms. The van der Waals surface area contributed by atoms with Crippen LogP contribution in [0.5, 0.6) is 0 Å². The number of hydrogen-bond donors (Lipinski definition) is 1. The summed E-state index contributed by atoms with van der Waals surface area (Å²) >= 11 is 3.08. The van der Waals surface area contributed by atoms with Crippen LogP contribution in [0.1, 0.15) is 23.7 Å². The number of thioether (sulfide) groups is 1. The highest BCUT2D eigenvalue weighted by Gasteiger charge is 2.08. The van der Waals surface area contributed by atoms with Crippen molar-refractivity contribution in [2.24, 2.45) is 0 Å². The van der Waals surface area contributed by atoms with Crippen molar-refractivity contribution >= 4 is 28.9 Å². The number of nitrogen functional groups attached to an aromatic ring is 1. The summed E-state index contributed by atoms with van der Waals surface area (Å²) in [5, 5.41) is 12.4. The largest absolute Gasteiger partial charge is 0.382 e. The fourth-order valence-electron chi connectivity index (χ4n) is 2.06. The molecule has 3 aromatic rings. The number of aromatic nitrogens is 3. The van der Waals surface area contributed by atoms with Crippen LogP contribution in [-0.2, 0) is 12.2 Å². The Morgan fingerprint density at radius 1 is 1.25 bits per heavy atom. The Morgan fingerprint density at radius 3 is 2.71 bits per heavy atom. The number of nitrogens with zero attached hydrogens (tertiary/aromatic N) is 4. The smallest absolute Gasteiger partial charge is 0.189 e. The maximum Gasteiger partial charge on any atom is 0.189 e. The molecular weight excluding hydrogens is 338 g/mol. The monoisotopic (exact) mass is 353 g/mol. The van der Waals surface area contributed by atoms with Crippen LogP contribution in [0.15, 0.2) is 41.0 Å². The number of benzene rings is 1. The zero-order chi connectivity index (χ0) is 16.9. The average molecular weight is 353 g/mol. The van der Waals surface area contributed by atoms with Crippen molar-refractivity contribution in [1.82, 2.24) is 15.0 Å². The first-order valence-corrected chi connectivity index (χ1v) is 9.25. The van der Waals surface area contributed by atoms with Crippen LogP contribution in [-0.4, -0.2) is 15.0 Å². The van der Waals surface area contributed by atoms with Gasteiger partial charge < -0.3 is 5.73 Å². The van der Waals surface area contributed by atoms with E-state index in [1.807, 2.05) is 11.4 Å². The van der Waals surface area contributed by atoms with Gasteiger partial charge in [-0.25, -0.2) is 15.0 Å². The van der Waals surface area contributed by atoms with Crippen LogP contribution < -0.4 is 5.73 Å². The lowest BCUT2D eigenvalue weighted by Gasteiger charge is -2.01. The van der Waals surface area contributed by atoms with Gasteiger partial charge in [0.25, 0.3) is 0 Å². The van der Waals surface area contributed by atoms with Gasteiger partial charge in [0.05, 0.1) is 11.9 Å². The third kappa shape index (κ3) is 3.72. The maximum atomic E-state index is 8.84. The Kier molecular flexibility index (Phi) is 5.08. The van der Waals surface area contributed by atoms with Gasteiger partial charge in [0.2, 0.25) is 0 Å². The molecular formula is C17H15N5S2. The molecule has 0 saturated carbocycles. The Morgan fingerprint density at radius 2 is 2.04 bits per heavy atom. The molecule has 0 bridgehead atoms. The maximum absolute atomic E-state index is 8.84. The van der Waals surface area contributed by atoms with Crippen LogP contribution in [0, 0.1) is 11.3 Å². The average Bonchev–Trinajstić information content (AvgIpc) is 3.09. The van der Waals surface area contributed by atoms with E-state index in [0.29, 0.717) is 16.5 Å². The third-order valence-electron chi connectivity index (χ3n) is 3.43. The minimum absolute atomic E-state index is 0.213. The summed E-state index contributed by atoms with van der Waals surface area (Å²) < 4.78 is 0. The zero-order valence-corrected chi connectivity index (χ0v) is 14.7. The van der Waals surface area contributed by atoms with Gasteiger partial charge in [-0.05, 0) is 12.0 Å². The van der Waals surface area contributed by atoms with Crippen molar-refractivity contribution < 1.29 is 0 Å². The van der Waals surface area contributed by atoms with Crippen molar-refractivity contribution in [2.75, 3.05) is 5.73 Å². The predicted molar refractivity (Wildman–Crippen MR) is 97.6 cm³/mol. The van der Waals surface area contributed by atoms with Gasteiger partial charge >= 0.3 is 0 Å². The van der Waals surface area contributed by atoms with Crippen molar-refractivity contribution in [2.45, 2.75) is 24.3 Å². The Bertz CT molecular complexity index is 881. The van der Waals surface area contributed by atoms with E-state index in [1.54, 1.807) is 11.3 Å². The molecule has 0 aliphatic rings. The van der Waals surface area contributed by atoms with E-state index in [1.165, 1.54) is 23.5 Å². The SMILES string of the molecule is CCc1ccc(-c2nc(CSc3ncc(C#N)c(N)n3)cs2)cc1. The molecule has 0 atom stereocenters. The van der Waals surface area contributed by atoms with Crippen LogP contribution >= 0.6 is 23.1 Å². The number of hydrogen-bond acceptors (Lipinski definition) is 7. The minimum atomic E-state index is 0.213. The molecule has 3 rings (SSSR count). The van der Waals surface area contributed by atoms with Gasteiger partial charge in [-0.15, -0.1) is 11.3 Å². The summed E-state index contributed by atoms with van der Waals surface area (Å²) in [4.78, 5) is 12.9. The first kappa shape index (κ1) is 16.4. The highest BCUT2D eigenvalue weighted by atomic mass is 32.2. The molecule has 0 amide bonds. The third-order valence-corrected chi connectivity index (χ3v) is 5.26. The molecule has 5 nitrogen and oxygen atoms in total. The number of rotatable bonds is 5. The van der Waals surface area contributed by atoms with Crippen molar-refractivity contribution in [3.05, 3.63) is 52.7 Å². The van der Waals surface area contributed by atoms with Gasteiger partial charge in [-0.3, -0.25) is 0 Å². The van der Waals surface area contributed by atoms with Gasteiger partial charge in [0.15, 0.2) is 5.16 Å². The van der Waals surface area contributed by atoms with Crippen LogP contribution in [0.25, 0.3) is 10.6 Å². The van der Waals surface area contributed by atoms with E-state index in [4.69, 9.17) is 11.0 Å². The lowest BCUT2D eigenvalue weighted by Crippen LogP contribution is -1.98. The summed E-state index contributed by atoms with van der Waals surface area (Å²) in [6.07, 6.45) is 2.49. The Hall–Kier alpha value is -2.43. The molecule has 2 aromatic heterocycles. The predicted octanol–water partition coefficient (Wildman–Crippen LogP) is 3.91.